The van der Waals surface area contributed by atoms with Gasteiger partial charge in [0.25, 0.3) is 0 Å². The van der Waals surface area contributed by atoms with E-state index in [2.05, 4.69) is 32.6 Å². The summed E-state index contributed by atoms with van der Waals surface area (Å²) in [4.78, 5) is 13.4. The number of carbonyl (C=O) groups is 1. The Bertz CT molecular complexity index is 465. The van der Waals surface area contributed by atoms with E-state index in [1.165, 1.54) is 5.69 Å². The summed E-state index contributed by atoms with van der Waals surface area (Å²) in [6.45, 7) is 9.64. The number of likely N-dealkylation sites (N-methyl/N-ethyl adjacent to an activating group) is 1. The molecule has 1 aliphatic rings. The highest BCUT2D eigenvalue weighted by Crippen LogP contribution is 2.45. The first kappa shape index (κ1) is 12.0. The van der Waals surface area contributed by atoms with Crippen molar-refractivity contribution in [1.29, 1.82) is 0 Å². The summed E-state index contributed by atoms with van der Waals surface area (Å²) in [6.07, 6.45) is 0. The van der Waals surface area contributed by atoms with E-state index >= 15 is 0 Å². The molecule has 3 nitrogen and oxygen atoms in total. The van der Waals surface area contributed by atoms with E-state index in [-0.39, 0.29) is 5.41 Å². The number of hydrogen-bond donors (Lipinski definition) is 1. The summed E-state index contributed by atoms with van der Waals surface area (Å²) in [5.74, 6) is -0.855. The van der Waals surface area contributed by atoms with Gasteiger partial charge in [-0.1, -0.05) is 13.8 Å². The molecular formula is C14H19NO2. The largest absolute Gasteiger partial charge is 0.478 e. The molecular weight excluding hydrogens is 214 g/mol. The number of carboxylic acid groups (broad SMARTS) is 1. The topological polar surface area (TPSA) is 40.5 Å². The van der Waals surface area contributed by atoms with Crippen LogP contribution in [0.15, 0.2) is 18.2 Å². The number of rotatable bonds is 2. The molecule has 1 N–H and O–H groups in total. The fraction of sp³-hybridized carbons (Fsp3) is 0.500. The average Bonchev–Trinajstić information content (AvgIpc) is 2.47. The van der Waals surface area contributed by atoms with Gasteiger partial charge in [-0.15, -0.1) is 0 Å². The van der Waals surface area contributed by atoms with Crippen molar-refractivity contribution in [3.8, 4) is 0 Å². The van der Waals surface area contributed by atoms with E-state index in [1.54, 1.807) is 6.07 Å². The summed E-state index contributed by atoms with van der Waals surface area (Å²) < 4.78 is 0. The molecule has 1 aromatic carbocycles. The molecule has 92 valence electrons. The van der Waals surface area contributed by atoms with Gasteiger partial charge >= 0.3 is 5.97 Å². The summed E-state index contributed by atoms with van der Waals surface area (Å²) in [6, 6.07) is 5.85. The molecule has 1 aliphatic heterocycles. The maximum Gasteiger partial charge on any atom is 0.335 e. The van der Waals surface area contributed by atoms with Crippen molar-refractivity contribution >= 4 is 11.7 Å². The number of aromatic carboxylic acids is 1. The number of fused-ring (bicyclic) bond motifs is 1. The Morgan fingerprint density at radius 3 is 2.65 bits per heavy atom. The Hall–Kier alpha value is -1.51. The number of carboxylic acids is 1. The molecule has 0 aromatic heterocycles. The van der Waals surface area contributed by atoms with E-state index in [0.29, 0.717) is 11.6 Å². The third kappa shape index (κ3) is 1.61. The van der Waals surface area contributed by atoms with Gasteiger partial charge < -0.3 is 10.0 Å². The summed E-state index contributed by atoms with van der Waals surface area (Å²) in [5, 5.41) is 9.06. The third-order valence-electron chi connectivity index (χ3n) is 4.10. The van der Waals surface area contributed by atoms with Gasteiger partial charge in [0.15, 0.2) is 0 Å². The van der Waals surface area contributed by atoms with Crippen LogP contribution in [0, 0.1) is 0 Å². The third-order valence-corrected chi connectivity index (χ3v) is 4.10. The van der Waals surface area contributed by atoms with Gasteiger partial charge in [-0.25, -0.2) is 4.79 Å². The Morgan fingerprint density at radius 2 is 2.12 bits per heavy atom. The van der Waals surface area contributed by atoms with Crippen molar-refractivity contribution in [2.45, 2.75) is 39.2 Å². The van der Waals surface area contributed by atoms with Crippen LogP contribution >= 0.6 is 0 Å². The van der Waals surface area contributed by atoms with Crippen LogP contribution in [0.5, 0.6) is 0 Å². The molecule has 0 amide bonds. The van der Waals surface area contributed by atoms with Gasteiger partial charge in [0.05, 0.1) is 5.56 Å². The molecule has 1 aromatic rings. The Balaban J connectivity index is 2.59. The van der Waals surface area contributed by atoms with Crippen molar-refractivity contribution < 1.29 is 9.90 Å². The quantitative estimate of drug-likeness (QED) is 0.853. The van der Waals surface area contributed by atoms with Gasteiger partial charge in [0, 0.05) is 23.7 Å². The molecule has 0 saturated carbocycles. The first-order valence-electron chi connectivity index (χ1n) is 6.04. The molecule has 2 rings (SSSR count). The van der Waals surface area contributed by atoms with E-state index in [9.17, 15) is 4.79 Å². The highest BCUT2D eigenvalue weighted by molar-refractivity contribution is 5.89. The van der Waals surface area contributed by atoms with Gasteiger partial charge in [0.2, 0.25) is 0 Å². The summed E-state index contributed by atoms with van der Waals surface area (Å²) >= 11 is 0. The van der Waals surface area contributed by atoms with Crippen LogP contribution in [-0.4, -0.2) is 23.7 Å². The fourth-order valence-corrected chi connectivity index (χ4v) is 2.70. The van der Waals surface area contributed by atoms with Crippen molar-refractivity contribution in [2.75, 3.05) is 11.4 Å². The first-order valence-corrected chi connectivity index (χ1v) is 6.04. The lowest BCUT2D eigenvalue weighted by Crippen LogP contribution is -2.38. The number of nitrogens with zero attached hydrogens (tertiary/aromatic N) is 1. The van der Waals surface area contributed by atoms with E-state index < -0.39 is 5.97 Å². The van der Waals surface area contributed by atoms with Gasteiger partial charge in [0.1, 0.15) is 0 Å². The maximum absolute atomic E-state index is 11.0. The van der Waals surface area contributed by atoms with Crippen LogP contribution in [0.1, 0.15) is 43.6 Å². The average molecular weight is 233 g/mol. The zero-order valence-electron chi connectivity index (χ0n) is 10.8. The van der Waals surface area contributed by atoms with Crippen LogP contribution in [0.25, 0.3) is 0 Å². The Morgan fingerprint density at radius 1 is 1.47 bits per heavy atom. The predicted molar refractivity (Wildman–Crippen MR) is 68.9 cm³/mol. The van der Waals surface area contributed by atoms with Crippen LogP contribution in [-0.2, 0) is 5.41 Å². The molecule has 17 heavy (non-hydrogen) atoms. The van der Waals surface area contributed by atoms with Crippen LogP contribution in [0.4, 0.5) is 5.69 Å². The zero-order valence-corrected chi connectivity index (χ0v) is 10.8. The molecule has 0 bridgehead atoms. The molecule has 0 spiro atoms. The van der Waals surface area contributed by atoms with Crippen LogP contribution < -0.4 is 4.90 Å². The van der Waals surface area contributed by atoms with Crippen molar-refractivity contribution in [1.82, 2.24) is 0 Å². The van der Waals surface area contributed by atoms with Crippen LogP contribution in [0.2, 0.25) is 0 Å². The minimum absolute atomic E-state index is 0.00317. The number of benzene rings is 1. The highest BCUT2D eigenvalue weighted by Gasteiger charge is 2.41. The molecule has 1 atom stereocenters. The lowest BCUT2D eigenvalue weighted by molar-refractivity contribution is 0.0697. The summed E-state index contributed by atoms with van der Waals surface area (Å²) in [5.41, 5.74) is 2.69. The van der Waals surface area contributed by atoms with Crippen LogP contribution in [0.3, 0.4) is 0 Å². The lowest BCUT2D eigenvalue weighted by atomic mass is 9.81. The molecule has 0 radical (unpaired) electrons. The molecule has 1 unspecified atom stereocenters. The predicted octanol–water partition coefficient (Wildman–Crippen LogP) is 2.89. The minimum Gasteiger partial charge on any atom is -0.478 e. The zero-order chi connectivity index (χ0) is 12.8. The second-order valence-electron chi connectivity index (χ2n) is 5.22. The van der Waals surface area contributed by atoms with Gasteiger partial charge in [-0.2, -0.15) is 0 Å². The Kier molecular flexibility index (Phi) is 2.64. The van der Waals surface area contributed by atoms with Crippen molar-refractivity contribution in [3.05, 3.63) is 29.3 Å². The Labute approximate surface area is 102 Å². The van der Waals surface area contributed by atoms with E-state index in [0.717, 1.165) is 12.1 Å². The minimum atomic E-state index is -0.855. The lowest BCUT2D eigenvalue weighted by Gasteiger charge is -2.30. The molecule has 0 fully saturated rings. The normalized spacial score (nSPS) is 21.4. The highest BCUT2D eigenvalue weighted by atomic mass is 16.4. The molecule has 0 saturated heterocycles. The van der Waals surface area contributed by atoms with Crippen molar-refractivity contribution in [3.63, 3.8) is 0 Å². The first-order chi connectivity index (χ1) is 7.89. The van der Waals surface area contributed by atoms with Gasteiger partial charge in [-0.05, 0) is 37.6 Å². The van der Waals surface area contributed by atoms with Crippen molar-refractivity contribution in [2.24, 2.45) is 0 Å². The van der Waals surface area contributed by atoms with Gasteiger partial charge in [-0.3, -0.25) is 0 Å². The van der Waals surface area contributed by atoms with E-state index in [1.807, 2.05) is 12.1 Å². The second kappa shape index (κ2) is 3.76. The monoisotopic (exact) mass is 233 g/mol. The fourth-order valence-electron chi connectivity index (χ4n) is 2.70. The maximum atomic E-state index is 11.0. The second-order valence-corrected chi connectivity index (χ2v) is 5.22. The standard InChI is InChI=1S/C14H19NO2/c1-5-15-9(2)14(3,4)11-8-10(13(16)17)6-7-12(11)15/h6-9H,5H2,1-4H3,(H,16,17). The van der Waals surface area contributed by atoms with E-state index in [4.69, 9.17) is 5.11 Å². The smallest absolute Gasteiger partial charge is 0.335 e. The molecule has 1 heterocycles. The number of anilines is 1. The number of hydrogen-bond acceptors (Lipinski definition) is 2. The SMILES string of the molecule is CCN1c2ccc(C(=O)O)cc2C(C)(C)C1C. The summed E-state index contributed by atoms with van der Waals surface area (Å²) in [7, 11) is 0. The molecule has 3 heteroatoms. The molecule has 0 aliphatic carbocycles.